The van der Waals surface area contributed by atoms with E-state index >= 15 is 0 Å². The third kappa shape index (κ3) is 35.7. The van der Waals surface area contributed by atoms with Crippen LogP contribution in [0.1, 0.15) is 187 Å². The predicted molar refractivity (Wildman–Crippen MR) is 218 cm³/mol. The van der Waals surface area contributed by atoms with Crippen LogP contribution in [0.3, 0.4) is 0 Å². The molecular formula is C42H81N2O7P. The number of phosphoric ester groups is 1. The molecule has 0 bridgehead atoms. The molecule has 0 aliphatic carbocycles. The first-order chi connectivity index (χ1) is 25.3. The van der Waals surface area contributed by atoms with Gasteiger partial charge in [-0.3, -0.25) is 13.8 Å². The molecule has 0 aliphatic rings. The molecule has 0 heterocycles. The Labute approximate surface area is 319 Å². The highest BCUT2D eigenvalue weighted by atomic mass is 31.2. The Morgan fingerprint density at radius 2 is 1.19 bits per heavy atom. The van der Waals surface area contributed by atoms with Gasteiger partial charge >= 0.3 is 7.82 Å². The first kappa shape index (κ1) is 50.7. The maximum Gasteiger partial charge on any atom is 0.472 e. The van der Waals surface area contributed by atoms with Crippen LogP contribution >= 0.6 is 7.82 Å². The van der Waals surface area contributed by atoms with Crippen molar-refractivity contribution in [3.63, 3.8) is 0 Å². The van der Waals surface area contributed by atoms with Crippen molar-refractivity contribution >= 4 is 13.7 Å². The largest absolute Gasteiger partial charge is 0.472 e. The van der Waals surface area contributed by atoms with Crippen molar-refractivity contribution in [3.8, 4) is 0 Å². The summed E-state index contributed by atoms with van der Waals surface area (Å²) in [5.41, 5.74) is 5.35. The van der Waals surface area contributed by atoms with Gasteiger partial charge in [0.2, 0.25) is 5.91 Å². The highest BCUT2D eigenvalue weighted by Gasteiger charge is 2.27. The summed E-state index contributed by atoms with van der Waals surface area (Å²) >= 11 is 0. The zero-order chi connectivity index (χ0) is 38.4. The summed E-state index contributed by atoms with van der Waals surface area (Å²) in [5, 5.41) is 24.0. The van der Waals surface area contributed by atoms with E-state index in [-0.39, 0.29) is 19.6 Å². The average molecular weight is 757 g/mol. The second-order valence-corrected chi connectivity index (χ2v) is 15.8. The first-order valence-electron chi connectivity index (χ1n) is 21.2. The molecule has 0 aromatic heterocycles. The number of allylic oxidation sites excluding steroid dienone is 5. The van der Waals surface area contributed by atoms with Gasteiger partial charge in [0, 0.05) is 6.54 Å². The van der Waals surface area contributed by atoms with Gasteiger partial charge in [-0.1, -0.05) is 172 Å². The number of carbonyl (C=O) groups is 1. The number of unbranched alkanes of at least 4 members (excludes halogenated alkanes) is 21. The fourth-order valence-electron chi connectivity index (χ4n) is 6.10. The number of aliphatic hydroxyl groups excluding tert-OH is 2. The summed E-state index contributed by atoms with van der Waals surface area (Å²) in [6.45, 7) is 3.85. The standard InChI is InChI=1S/C42H81N2O7P/c1-3-5-7-9-11-13-15-16-17-18-19-20-21-22-24-25-27-29-31-33-39(45)37-42(47)44-40(38-51-52(48,49)50-36-35-43)41(46)34-32-30-28-26-23-14-12-10-8-6-4-2/h5,7,11,13,32,34,39-41,45-46H,3-4,6,8-10,12,14-31,33,35-38,43H2,1-2H3,(H,44,47)(H,48,49)/b7-5-,13-11-,34-32+. The van der Waals surface area contributed by atoms with Gasteiger partial charge in [0.25, 0.3) is 0 Å². The molecule has 306 valence electrons. The molecule has 6 N–H and O–H groups in total. The number of carbonyl (C=O) groups excluding carboxylic acids is 1. The molecule has 0 fully saturated rings. The number of amides is 1. The molecule has 0 aromatic rings. The summed E-state index contributed by atoms with van der Waals surface area (Å²) < 4.78 is 22.0. The van der Waals surface area contributed by atoms with Crippen molar-refractivity contribution in [2.75, 3.05) is 19.8 Å². The molecule has 0 saturated carbocycles. The van der Waals surface area contributed by atoms with Crippen LogP contribution in [-0.2, 0) is 18.4 Å². The van der Waals surface area contributed by atoms with E-state index in [1.165, 1.54) is 109 Å². The monoisotopic (exact) mass is 757 g/mol. The van der Waals surface area contributed by atoms with Crippen LogP contribution in [0.5, 0.6) is 0 Å². The van der Waals surface area contributed by atoms with Crippen molar-refractivity contribution in [3.05, 3.63) is 36.5 Å². The highest BCUT2D eigenvalue weighted by Crippen LogP contribution is 2.43. The molecular weight excluding hydrogens is 675 g/mol. The number of nitrogens with one attached hydrogen (secondary N) is 1. The lowest BCUT2D eigenvalue weighted by Gasteiger charge is -2.24. The van der Waals surface area contributed by atoms with E-state index in [2.05, 4.69) is 43.5 Å². The smallest absolute Gasteiger partial charge is 0.393 e. The fraction of sp³-hybridized carbons (Fsp3) is 0.833. The van der Waals surface area contributed by atoms with Crippen LogP contribution in [0.2, 0.25) is 0 Å². The summed E-state index contributed by atoms with van der Waals surface area (Å²) in [6, 6.07) is -0.980. The number of phosphoric acid groups is 1. The SMILES string of the molecule is CC/C=C\C/C=C\CCCCCCCCCCCCCCC(O)CC(=O)NC(COP(=O)(O)OCCN)C(O)/C=C/CCCCCCCCCCC. The Bertz CT molecular complexity index is 930. The molecule has 0 rings (SSSR count). The van der Waals surface area contributed by atoms with Gasteiger partial charge in [-0.05, 0) is 44.9 Å². The molecule has 52 heavy (non-hydrogen) atoms. The van der Waals surface area contributed by atoms with Gasteiger partial charge in [-0.25, -0.2) is 4.57 Å². The Balaban J connectivity index is 4.24. The molecule has 4 unspecified atom stereocenters. The number of aliphatic hydroxyl groups is 2. The molecule has 0 aliphatic heterocycles. The van der Waals surface area contributed by atoms with E-state index in [9.17, 15) is 24.5 Å². The maximum atomic E-state index is 12.8. The van der Waals surface area contributed by atoms with Gasteiger partial charge in [0.05, 0.1) is 37.9 Å². The fourth-order valence-corrected chi connectivity index (χ4v) is 6.85. The minimum absolute atomic E-state index is 0.0487. The van der Waals surface area contributed by atoms with Gasteiger partial charge in [0.1, 0.15) is 0 Å². The lowest BCUT2D eigenvalue weighted by Crippen LogP contribution is -2.46. The summed E-state index contributed by atoms with van der Waals surface area (Å²) in [4.78, 5) is 22.7. The number of hydrogen-bond acceptors (Lipinski definition) is 7. The number of nitrogens with two attached hydrogens (primary N) is 1. The minimum atomic E-state index is -4.39. The zero-order valence-corrected chi connectivity index (χ0v) is 34.3. The van der Waals surface area contributed by atoms with Gasteiger partial charge in [-0.15, -0.1) is 0 Å². The maximum absolute atomic E-state index is 12.8. The summed E-state index contributed by atoms with van der Waals surface area (Å²) in [6.07, 6.45) is 40.9. The van der Waals surface area contributed by atoms with Crippen LogP contribution in [0.15, 0.2) is 36.5 Å². The Morgan fingerprint density at radius 1 is 0.692 bits per heavy atom. The van der Waals surface area contributed by atoms with E-state index < -0.39 is 38.6 Å². The van der Waals surface area contributed by atoms with E-state index in [0.717, 1.165) is 51.4 Å². The van der Waals surface area contributed by atoms with Crippen molar-refractivity contribution < 1.29 is 33.5 Å². The molecule has 1 amide bonds. The number of rotatable bonds is 39. The third-order valence-corrected chi connectivity index (χ3v) is 10.3. The van der Waals surface area contributed by atoms with Crippen molar-refractivity contribution in [2.24, 2.45) is 5.73 Å². The third-order valence-electron chi connectivity index (χ3n) is 9.28. The topological polar surface area (TPSA) is 151 Å². The van der Waals surface area contributed by atoms with Gasteiger partial charge in [-0.2, -0.15) is 0 Å². The normalized spacial score (nSPS) is 15.1. The molecule has 0 aromatic carbocycles. The molecule has 9 nitrogen and oxygen atoms in total. The first-order valence-corrected chi connectivity index (χ1v) is 22.7. The molecule has 4 atom stereocenters. The minimum Gasteiger partial charge on any atom is -0.393 e. The van der Waals surface area contributed by atoms with Crippen LogP contribution in [-0.4, -0.2) is 59.0 Å². The Hall–Kier alpha value is -1.32. The summed E-state index contributed by atoms with van der Waals surface area (Å²) in [7, 11) is -4.39. The second-order valence-electron chi connectivity index (χ2n) is 14.4. The van der Waals surface area contributed by atoms with Crippen LogP contribution in [0.25, 0.3) is 0 Å². The Kier molecular flexibility index (Phi) is 37.0. The molecule has 10 heteroatoms. The van der Waals surface area contributed by atoms with Crippen molar-refractivity contribution in [1.29, 1.82) is 0 Å². The van der Waals surface area contributed by atoms with Crippen LogP contribution < -0.4 is 11.1 Å². The quantitative estimate of drug-likeness (QED) is 0.0236. The molecule has 0 spiro atoms. The highest BCUT2D eigenvalue weighted by molar-refractivity contribution is 7.47. The average Bonchev–Trinajstić information content (AvgIpc) is 3.12. The lowest BCUT2D eigenvalue weighted by molar-refractivity contribution is -0.124. The second kappa shape index (κ2) is 38.0. The van der Waals surface area contributed by atoms with Gasteiger partial charge < -0.3 is 26.2 Å². The van der Waals surface area contributed by atoms with E-state index in [1.807, 2.05) is 6.08 Å². The van der Waals surface area contributed by atoms with Gasteiger partial charge in [0.15, 0.2) is 0 Å². The van der Waals surface area contributed by atoms with E-state index in [4.69, 9.17) is 14.8 Å². The zero-order valence-electron chi connectivity index (χ0n) is 33.4. The number of hydrogen-bond donors (Lipinski definition) is 5. The van der Waals surface area contributed by atoms with E-state index in [0.29, 0.717) is 6.42 Å². The van der Waals surface area contributed by atoms with Crippen molar-refractivity contribution in [2.45, 2.75) is 205 Å². The molecule has 0 radical (unpaired) electrons. The Morgan fingerprint density at radius 3 is 1.73 bits per heavy atom. The lowest BCUT2D eigenvalue weighted by atomic mass is 10.0. The van der Waals surface area contributed by atoms with Crippen LogP contribution in [0.4, 0.5) is 0 Å². The molecule has 0 saturated heterocycles. The van der Waals surface area contributed by atoms with Crippen LogP contribution in [0, 0.1) is 0 Å². The van der Waals surface area contributed by atoms with Crippen molar-refractivity contribution in [1.82, 2.24) is 5.32 Å². The predicted octanol–water partition coefficient (Wildman–Crippen LogP) is 10.5. The van der Waals surface area contributed by atoms with E-state index in [1.54, 1.807) is 6.08 Å². The summed E-state index contributed by atoms with van der Waals surface area (Å²) in [5.74, 6) is -0.449.